The van der Waals surface area contributed by atoms with Crippen molar-refractivity contribution in [1.29, 1.82) is 0 Å². The monoisotopic (exact) mass is 422 g/mol. The lowest BCUT2D eigenvalue weighted by Crippen LogP contribution is -2.47. The Labute approximate surface area is 183 Å². The predicted molar refractivity (Wildman–Crippen MR) is 120 cm³/mol. The SMILES string of the molecule is CCc1ccc(NC(=O)C(C)N2CCC(C(=O)c3ccc4c(c3)OCCO4)CC2)cc1. The Balaban J connectivity index is 1.31. The molecule has 1 atom stereocenters. The van der Waals surface area contributed by atoms with Crippen molar-refractivity contribution in [2.75, 3.05) is 31.6 Å². The molecule has 164 valence electrons. The molecule has 2 aliphatic rings. The molecule has 2 heterocycles. The molecule has 0 radical (unpaired) electrons. The molecule has 4 rings (SSSR count). The minimum absolute atomic E-state index is 0.0131. The van der Waals surface area contributed by atoms with Crippen LogP contribution in [-0.4, -0.2) is 48.9 Å². The minimum Gasteiger partial charge on any atom is -0.486 e. The Morgan fingerprint density at radius 2 is 1.71 bits per heavy atom. The minimum atomic E-state index is -0.240. The second-order valence-electron chi connectivity index (χ2n) is 8.25. The zero-order valence-electron chi connectivity index (χ0n) is 18.2. The second-order valence-corrected chi connectivity index (χ2v) is 8.25. The average Bonchev–Trinajstić information content (AvgIpc) is 2.83. The summed E-state index contributed by atoms with van der Waals surface area (Å²) in [6.45, 7) is 6.53. The van der Waals surface area contributed by atoms with Crippen molar-refractivity contribution in [2.45, 2.75) is 39.2 Å². The molecule has 0 bridgehead atoms. The molecule has 2 aromatic rings. The van der Waals surface area contributed by atoms with Crippen LogP contribution in [0.3, 0.4) is 0 Å². The van der Waals surface area contributed by atoms with Crippen LogP contribution in [0.15, 0.2) is 42.5 Å². The third-order valence-electron chi connectivity index (χ3n) is 6.28. The molecule has 1 unspecified atom stereocenters. The molecule has 1 saturated heterocycles. The molecule has 0 saturated carbocycles. The Bertz CT molecular complexity index is 933. The summed E-state index contributed by atoms with van der Waals surface area (Å²) in [6, 6.07) is 13.2. The number of rotatable bonds is 6. The number of nitrogens with zero attached hydrogens (tertiary/aromatic N) is 1. The first-order valence-electron chi connectivity index (χ1n) is 11.1. The first-order chi connectivity index (χ1) is 15.0. The number of fused-ring (bicyclic) bond motifs is 1. The van der Waals surface area contributed by atoms with Crippen LogP contribution in [0.1, 0.15) is 42.6 Å². The largest absolute Gasteiger partial charge is 0.486 e. The van der Waals surface area contributed by atoms with Gasteiger partial charge in [-0.05, 0) is 75.2 Å². The quantitative estimate of drug-likeness (QED) is 0.714. The van der Waals surface area contributed by atoms with Crippen LogP contribution in [0, 0.1) is 5.92 Å². The van der Waals surface area contributed by atoms with E-state index in [1.54, 1.807) is 6.07 Å². The number of ether oxygens (including phenoxy) is 2. The van der Waals surface area contributed by atoms with Crippen LogP contribution in [0.4, 0.5) is 5.69 Å². The Hall–Kier alpha value is -2.86. The predicted octanol–water partition coefficient (Wildman–Crippen LogP) is 3.94. The van der Waals surface area contributed by atoms with Gasteiger partial charge >= 0.3 is 0 Å². The summed E-state index contributed by atoms with van der Waals surface area (Å²) in [5.74, 6) is 1.44. The number of hydrogen-bond acceptors (Lipinski definition) is 5. The van der Waals surface area contributed by atoms with Crippen LogP contribution >= 0.6 is 0 Å². The summed E-state index contributed by atoms with van der Waals surface area (Å²) in [5, 5.41) is 3.01. The van der Waals surface area contributed by atoms with E-state index in [-0.39, 0.29) is 23.7 Å². The van der Waals surface area contributed by atoms with Crippen LogP contribution < -0.4 is 14.8 Å². The number of Topliss-reactive ketones (excluding diaryl/α,β-unsaturated/α-hetero) is 1. The number of hydrogen-bond donors (Lipinski definition) is 1. The van der Waals surface area contributed by atoms with E-state index in [0.717, 1.165) is 38.0 Å². The fourth-order valence-corrected chi connectivity index (χ4v) is 4.22. The second kappa shape index (κ2) is 9.52. The van der Waals surface area contributed by atoms with E-state index in [4.69, 9.17) is 9.47 Å². The first kappa shape index (κ1) is 21.4. The van der Waals surface area contributed by atoms with Gasteiger partial charge in [-0.3, -0.25) is 14.5 Å². The average molecular weight is 423 g/mol. The highest BCUT2D eigenvalue weighted by Crippen LogP contribution is 2.32. The third kappa shape index (κ3) is 4.90. The summed E-state index contributed by atoms with van der Waals surface area (Å²) in [7, 11) is 0. The number of anilines is 1. The zero-order chi connectivity index (χ0) is 21.8. The van der Waals surface area contributed by atoms with Crippen LogP contribution in [0.5, 0.6) is 11.5 Å². The van der Waals surface area contributed by atoms with Gasteiger partial charge in [-0.2, -0.15) is 0 Å². The number of ketones is 1. The van der Waals surface area contributed by atoms with Crippen molar-refractivity contribution >= 4 is 17.4 Å². The van der Waals surface area contributed by atoms with E-state index in [1.807, 2.05) is 43.3 Å². The highest BCUT2D eigenvalue weighted by atomic mass is 16.6. The molecule has 0 aromatic heterocycles. The number of carbonyl (C=O) groups is 2. The highest BCUT2D eigenvalue weighted by Gasteiger charge is 2.30. The maximum absolute atomic E-state index is 13.0. The van der Waals surface area contributed by atoms with Crippen molar-refractivity contribution in [3.63, 3.8) is 0 Å². The van der Waals surface area contributed by atoms with E-state index in [0.29, 0.717) is 30.3 Å². The number of piperidine rings is 1. The Kier molecular flexibility index (Phi) is 6.56. The maximum atomic E-state index is 13.0. The lowest BCUT2D eigenvalue weighted by molar-refractivity contribution is -0.121. The molecule has 6 nitrogen and oxygen atoms in total. The molecule has 2 aromatic carbocycles. The van der Waals surface area contributed by atoms with Crippen molar-refractivity contribution in [3.8, 4) is 11.5 Å². The molecule has 1 amide bonds. The van der Waals surface area contributed by atoms with E-state index in [9.17, 15) is 9.59 Å². The van der Waals surface area contributed by atoms with Gasteiger partial charge in [0.05, 0.1) is 6.04 Å². The van der Waals surface area contributed by atoms with Gasteiger partial charge in [0.2, 0.25) is 5.91 Å². The van der Waals surface area contributed by atoms with Gasteiger partial charge in [-0.25, -0.2) is 0 Å². The maximum Gasteiger partial charge on any atom is 0.241 e. The molecule has 0 spiro atoms. The molecule has 1 fully saturated rings. The summed E-state index contributed by atoms with van der Waals surface area (Å²) in [5.41, 5.74) is 2.73. The molecule has 0 aliphatic carbocycles. The van der Waals surface area contributed by atoms with Gasteiger partial charge < -0.3 is 14.8 Å². The van der Waals surface area contributed by atoms with Crippen LogP contribution in [-0.2, 0) is 11.2 Å². The van der Waals surface area contributed by atoms with E-state index in [2.05, 4.69) is 17.1 Å². The van der Waals surface area contributed by atoms with Gasteiger partial charge in [0.15, 0.2) is 17.3 Å². The third-order valence-corrected chi connectivity index (χ3v) is 6.28. The molecular weight excluding hydrogens is 392 g/mol. The van der Waals surface area contributed by atoms with Crippen molar-refractivity contribution in [1.82, 2.24) is 4.90 Å². The molecule has 1 N–H and O–H groups in total. The molecule has 6 heteroatoms. The smallest absolute Gasteiger partial charge is 0.241 e. The fraction of sp³-hybridized carbons (Fsp3) is 0.440. The highest BCUT2D eigenvalue weighted by molar-refractivity contribution is 5.98. The molecule has 2 aliphatic heterocycles. The van der Waals surface area contributed by atoms with Crippen LogP contribution in [0.25, 0.3) is 0 Å². The van der Waals surface area contributed by atoms with E-state index >= 15 is 0 Å². The zero-order valence-corrected chi connectivity index (χ0v) is 18.2. The van der Waals surface area contributed by atoms with Crippen molar-refractivity contribution in [3.05, 3.63) is 53.6 Å². The van der Waals surface area contributed by atoms with Crippen LogP contribution in [0.2, 0.25) is 0 Å². The molecular formula is C25H30N2O4. The van der Waals surface area contributed by atoms with Gasteiger partial charge in [-0.1, -0.05) is 19.1 Å². The van der Waals surface area contributed by atoms with Gasteiger partial charge in [0.1, 0.15) is 13.2 Å². The van der Waals surface area contributed by atoms with Crippen molar-refractivity contribution in [2.24, 2.45) is 5.92 Å². The lowest BCUT2D eigenvalue weighted by atomic mass is 9.88. The first-order valence-corrected chi connectivity index (χ1v) is 11.1. The van der Waals surface area contributed by atoms with Gasteiger partial charge in [-0.15, -0.1) is 0 Å². The summed E-state index contributed by atoms with van der Waals surface area (Å²) < 4.78 is 11.1. The lowest BCUT2D eigenvalue weighted by Gasteiger charge is -2.34. The van der Waals surface area contributed by atoms with Crippen molar-refractivity contribution < 1.29 is 19.1 Å². The fourth-order valence-electron chi connectivity index (χ4n) is 4.22. The number of benzene rings is 2. The number of aryl methyl sites for hydroxylation is 1. The summed E-state index contributed by atoms with van der Waals surface area (Å²) in [6.07, 6.45) is 2.47. The summed E-state index contributed by atoms with van der Waals surface area (Å²) in [4.78, 5) is 27.8. The number of nitrogens with one attached hydrogen (secondary N) is 1. The topological polar surface area (TPSA) is 67.9 Å². The summed E-state index contributed by atoms with van der Waals surface area (Å²) >= 11 is 0. The van der Waals surface area contributed by atoms with E-state index in [1.165, 1.54) is 5.56 Å². The Morgan fingerprint density at radius 1 is 1.03 bits per heavy atom. The standard InChI is InChI=1S/C25H30N2O4/c1-3-18-4-7-21(8-5-18)26-25(29)17(2)27-12-10-19(11-13-27)24(28)20-6-9-22-23(16-20)31-15-14-30-22/h4-9,16-17,19H,3,10-15H2,1-2H3,(H,26,29). The molecule has 31 heavy (non-hydrogen) atoms. The number of likely N-dealkylation sites (tertiary alicyclic amines) is 1. The number of carbonyl (C=O) groups excluding carboxylic acids is 2. The normalized spacial score (nSPS) is 17.7. The number of amides is 1. The Morgan fingerprint density at radius 3 is 2.39 bits per heavy atom. The van der Waals surface area contributed by atoms with Gasteiger partial charge in [0.25, 0.3) is 0 Å². The van der Waals surface area contributed by atoms with E-state index < -0.39 is 0 Å². The van der Waals surface area contributed by atoms with Gasteiger partial charge in [0, 0.05) is 17.2 Å².